The largest absolute Gasteiger partial charge is 0.507 e. The predicted molar refractivity (Wildman–Crippen MR) is 75.5 cm³/mol. The van der Waals surface area contributed by atoms with E-state index < -0.39 is 0 Å². The number of imidazole rings is 1. The van der Waals surface area contributed by atoms with Crippen molar-refractivity contribution in [3.8, 4) is 11.4 Å². The molecular formula is C14H15N5O. The number of aromatic hydroxyl groups is 1. The van der Waals surface area contributed by atoms with Crippen molar-refractivity contribution >= 4 is 5.70 Å². The summed E-state index contributed by atoms with van der Waals surface area (Å²) >= 11 is 0. The first-order valence-corrected chi connectivity index (χ1v) is 6.38. The quantitative estimate of drug-likeness (QED) is 0.898. The lowest BCUT2D eigenvalue weighted by atomic mass is 10.1. The molecule has 2 aromatic rings. The van der Waals surface area contributed by atoms with Gasteiger partial charge in [0.2, 0.25) is 0 Å². The van der Waals surface area contributed by atoms with Crippen molar-refractivity contribution in [3.63, 3.8) is 0 Å². The van der Waals surface area contributed by atoms with Crippen molar-refractivity contribution in [2.24, 2.45) is 10.2 Å². The fourth-order valence-corrected chi connectivity index (χ4v) is 2.09. The van der Waals surface area contributed by atoms with Gasteiger partial charge >= 0.3 is 0 Å². The number of benzene rings is 1. The summed E-state index contributed by atoms with van der Waals surface area (Å²) in [7, 11) is 1.85. The molecule has 102 valence electrons. The van der Waals surface area contributed by atoms with Crippen LogP contribution in [0.25, 0.3) is 11.4 Å². The Morgan fingerprint density at radius 3 is 2.90 bits per heavy atom. The van der Waals surface area contributed by atoms with Gasteiger partial charge in [-0.2, -0.15) is 10.2 Å². The van der Waals surface area contributed by atoms with E-state index in [0.29, 0.717) is 11.3 Å². The molecule has 0 saturated carbocycles. The topological polar surface area (TPSA) is 74.8 Å². The highest BCUT2D eigenvalue weighted by Gasteiger charge is 2.13. The smallest absolute Gasteiger partial charge is 0.127 e. The number of hydrogen-bond donors (Lipinski definition) is 2. The molecule has 1 aliphatic heterocycles. The highest BCUT2D eigenvalue weighted by atomic mass is 16.3. The van der Waals surface area contributed by atoms with Crippen LogP contribution in [0.15, 0.2) is 53.2 Å². The molecule has 0 aliphatic carbocycles. The van der Waals surface area contributed by atoms with Crippen LogP contribution >= 0.6 is 0 Å². The zero-order valence-corrected chi connectivity index (χ0v) is 11.1. The first-order valence-electron chi connectivity index (χ1n) is 6.38. The summed E-state index contributed by atoms with van der Waals surface area (Å²) in [6, 6.07) is 5.45. The van der Waals surface area contributed by atoms with Gasteiger partial charge < -0.3 is 9.67 Å². The van der Waals surface area contributed by atoms with Gasteiger partial charge in [-0.25, -0.2) is 4.98 Å². The van der Waals surface area contributed by atoms with Gasteiger partial charge in [0.1, 0.15) is 11.9 Å². The Morgan fingerprint density at radius 1 is 1.40 bits per heavy atom. The van der Waals surface area contributed by atoms with E-state index in [1.54, 1.807) is 18.6 Å². The Bertz CT molecular complexity index is 660. The second kappa shape index (κ2) is 5.26. The summed E-state index contributed by atoms with van der Waals surface area (Å²) in [5, 5.41) is 21.5. The summed E-state index contributed by atoms with van der Waals surface area (Å²) in [5.41, 5.74) is 2.24. The van der Waals surface area contributed by atoms with E-state index in [1.165, 1.54) is 0 Å². The van der Waals surface area contributed by atoms with Gasteiger partial charge in [0.05, 0.1) is 17.7 Å². The minimum atomic E-state index is 0.0196. The third kappa shape index (κ3) is 2.33. The van der Waals surface area contributed by atoms with Crippen molar-refractivity contribution in [1.29, 1.82) is 0 Å². The molecule has 0 fully saturated rings. The molecule has 0 radical (unpaired) electrons. The van der Waals surface area contributed by atoms with Gasteiger partial charge in [-0.15, -0.1) is 0 Å². The SMILES string of the molecule is CNC1CC=C(c2ccc(-n3ccnc3)cc2O)N=N1. The maximum atomic E-state index is 10.2. The minimum absolute atomic E-state index is 0.0196. The second-order valence-corrected chi connectivity index (χ2v) is 4.52. The molecule has 1 aromatic heterocycles. The van der Waals surface area contributed by atoms with Crippen LogP contribution in [0, 0.1) is 0 Å². The Kier molecular flexibility index (Phi) is 3.30. The van der Waals surface area contributed by atoms with Gasteiger partial charge in [0.15, 0.2) is 0 Å². The first-order chi connectivity index (χ1) is 9.78. The monoisotopic (exact) mass is 269 g/mol. The molecule has 3 rings (SSSR count). The van der Waals surface area contributed by atoms with Crippen LogP contribution in [-0.4, -0.2) is 27.9 Å². The molecule has 2 heterocycles. The highest BCUT2D eigenvalue weighted by Crippen LogP contribution is 2.30. The average Bonchev–Trinajstić information content (AvgIpc) is 3.01. The number of nitrogens with zero attached hydrogens (tertiary/aromatic N) is 4. The molecule has 20 heavy (non-hydrogen) atoms. The molecule has 2 N–H and O–H groups in total. The van der Waals surface area contributed by atoms with Gasteiger partial charge in [-0.3, -0.25) is 5.32 Å². The summed E-state index contributed by atoms with van der Waals surface area (Å²) in [6.07, 6.45) is 7.96. The molecular weight excluding hydrogens is 254 g/mol. The van der Waals surface area contributed by atoms with E-state index in [9.17, 15) is 5.11 Å². The molecule has 6 nitrogen and oxygen atoms in total. The van der Waals surface area contributed by atoms with Gasteiger partial charge in [-0.05, 0) is 19.2 Å². The Morgan fingerprint density at radius 2 is 2.30 bits per heavy atom. The zero-order valence-electron chi connectivity index (χ0n) is 11.1. The molecule has 0 bridgehead atoms. The Hall–Kier alpha value is -2.47. The van der Waals surface area contributed by atoms with Gasteiger partial charge in [0, 0.05) is 30.4 Å². The number of rotatable bonds is 3. The molecule has 0 saturated heterocycles. The van der Waals surface area contributed by atoms with Crippen LogP contribution in [0.3, 0.4) is 0 Å². The van der Waals surface area contributed by atoms with Gasteiger partial charge in [-0.1, -0.05) is 6.08 Å². The lowest BCUT2D eigenvalue weighted by molar-refractivity contribution is 0.472. The van der Waals surface area contributed by atoms with Crippen LogP contribution in [0.2, 0.25) is 0 Å². The minimum Gasteiger partial charge on any atom is -0.507 e. The lowest BCUT2D eigenvalue weighted by Crippen LogP contribution is -2.22. The van der Waals surface area contributed by atoms with E-state index in [0.717, 1.165) is 12.1 Å². The molecule has 1 aliphatic rings. The van der Waals surface area contributed by atoms with E-state index in [4.69, 9.17) is 0 Å². The van der Waals surface area contributed by atoms with Crippen LogP contribution in [0.5, 0.6) is 5.75 Å². The number of hydrogen-bond acceptors (Lipinski definition) is 5. The molecule has 0 amide bonds. The second-order valence-electron chi connectivity index (χ2n) is 4.52. The van der Waals surface area contributed by atoms with E-state index in [2.05, 4.69) is 20.5 Å². The Balaban J connectivity index is 1.89. The van der Waals surface area contributed by atoms with Crippen LogP contribution in [0.4, 0.5) is 0 Å². The van der Waals surface area contributed by atoms with E-state index >= 15 is 0 Å². The summed E-state index contributed by atoms with van der Waals surface area (Å²) in [4.78, 5) is 3.99. The lowest BCUT2D eigenvalue weighted by Gasteiger charge is -2.14. The molecule has 1 aromatic carbocycles. The first kappa shape index (κ1) is 12.6. The van der Waals surface area contributed by atoms with Crippen molar-refractivity contribution in [1.82, 2.24) is 14.9 Å². The number of nitrogens with one attached hydrogen (secondary N) is 1. The number of phenols is 1. The number of aromatic nitrogens is 2. The Labute approximate surface area is 116 Å². The molecule has 0 spiro atoms. The molecule has 1 atom stereocenters. The van der Waals surface area contributed by atoms with Crippen LogP contribution in [0.1, 0.15) is 12.0 Å². The maximum absolute atomic E-state index is 10.2. The van der Waals surface area contributed by atoms with Crippen LogP contribution < -0.4 is 5.32 Å². The van der Waals surface area contributed by atoms with Gasteiger partial charge in [0.25, 0.3) is 0 Å². The normalized spacial score (nSPS) is 18.1. The third-order valence-corrected chi connectivity index (χ3v) is 3.23. The van der Waals surface area contributed by atoms with E-state index in [1.807, 2.05) is 36.0 Å². The highest BCUT2D eigenvalue weighted by molar-refractivity contribution is 5.70. The average molecular weight is 269 g/mol. The summed E-state index contributed by atoms with van der Waals surface area (Å²) in [6.45, 7) is 0. The third-order valence-electron chi connectivity index (χ3n) is 3.23. The molecule has 6 heteroatoms. The summed E-state index contributed by atoms with van der Waals surface area (Å²) in [5.74, 6) is 0.185. The standard InChI is InChI=1S/C14H15N5O/c1-15-14-5-4-12(17-18-14)11-3-2-10(8-13(11)20)19-7-6-16-9-19/h2-4,6-9,14-15,20H,5H2,1H3. The number of phenolic OH excluding ortho intramolecular Hbond substituents is 1. The fourth-order valence-electron chi connectivity index (χ4n) is 2.09. The number of azo groups is 1. The van der Waals surface area contributed by atoms with Crippen LogP contribution in [-0.2, 0) is 0 Å². The van der Waals surface area contributed by atoms with Crippen molar-refractivity contribution in [2.45, 2.75) is 12.6 Å². The predicted octanol–water partition coefficient (Wildman–Crippen LogP) is 2.32. The molecule has 1 unspecified atom stereocenters. The van der Waals surface area contributed by atoms with Crippen molar-refractivity contribution in [3.05, 3.63) is 48.6 Å². The van der Waals surface area contributed by atoms with E-state index in [-0.39, 0.29) is 11.9 Å². The maximum Gasteiger partial charge on any atom is 0.127 e. The summed E-state index contributed by atoms with van der Waals surface area (Å²) < 4.78 is 1.83. The zero-order chi connectivity index (χ0) is 13.9. The fraction of sp³-hybridized carbons (Fsp3) is 0.214. The van der Waals surface area contributed by atoms with Crippen molar-refractivity contribution < 1.29 is 5.11 Å². The van der Waals surface area contributed by atoms with Crippen molar-refractivity contribution in [2.75, 3.05) is 7.05 Å².